The first kappa shape index (κ1) is 8.87. The zero-order valence-electron chi connectivity index (χ0n) is 7.17. The predicted molar refractivity (Wildman–Crippen MR) is 51.2 cm³/mol. The summed E-state index contributed by atoms with van der Waals surface area (Å²) >= 11 is 0. The van der Waals surface area contributed by atoms with Gasteiger partial charge in [-0.15, -0.1) is 0 Å². The molecular weight excluding hydrogens is 152 g/mol. The van der Waals surface area contributed by atoms with Crippen LogP contribution in [0.2, 0.25) is 0 Å². The summed E-state index contributed by atoms with van der Waals surface area (Å²) in [5.74, 6) is 0. The summed E-state index contributed by atoms with van der Waals surface area (Å²) in [4.78, 5) is 0. The summed E-state index contributed by atoms with van der Waals surface area (Å²) in [6.07, 6.45) is 0. The van der Waals surface area contributed by atoms with Crippen LogP contribution in [0.1, 0.15) is 5.56 Å². The van der Waals surface area contributed by atoms with Crippen molar-refractivity contribution >= 4 is 11.4 Å². The highest BCUT2D eigenvalue weighted by Crippen LogP contribution is 2.15. The Morgan fingerprint density at radius 2 is 2.25 bits per heavy atom. The zero-order valence-corrected chi connectivity index (χ0v) is 7.17. The molecular formula is C9H14N2O. The van der Waals surface area contributed by atoms with Crippen molar-refractivity contribution in [1.29, 1.82) is 0 Å². The van der Waals surface area contributed by atoms with Gasteiger partial charge in [0.15, 0.2) is 0 Å². The van der Waals surface area contributed by atoms with Crippen molar-refractivity contribution < 1.29 is 5.11 Å². The minimum Gasteiger partial charge on any atom is -0.399 e. The highest BCUT2D eigenvalue weighted by Gasteiger charge is 1.94. The van der Waals surface area contributed by atoms with Crippen LogP contribution >= 0.6 is 0 Å². The first-order valence-electron chi connectivity index (χ1n) is 3.95. The molecule has 0 saturated carbocycles. The zero-order chi connectivity index (χ0) is 8.97. The quantitative estimate of drug-likeness (QED) is 0.587. The number of rotatable bonds is 3. The monoisotopic (exact) mass is 166 g/mol. The minimum absolute atomic E-state index is 0.142. The number of nitrogens with one attached hydrogen (secondary N) is 1. The molecule has 66 valence electrons. The van der Waals surface area contributed by atoms with E-state index in [1.165, 1.54) is 0 Å². The second kappa shape index (κ2) is 3.97. The van der Waals surface area contributed by atoms with Crippen molar-refractivity contribution in [2.75, 3.05) is 24.2 Å². The second-order valence-corrected chi connectivity index (χ2v) is 2.72. The van der Waals surface area contributed by atoms with Gasteiger partial charge in [-0.3, -0.25) is 0 Å². The fraction of sp³-hybridized carbons (Fsp3) is 0.333. The number of anilines is 2. The van der Waals surface area contributed by atoms with E-state index in [2.05, 4.69) is 5.32 Å². The van der Waals surface area contributed by atoms with Crippen LogP contribution < -0.4 is 11.1 Å². The average Bonchev–Trinajstić information content (AvgIpc) is 2.07. The van der Waals surface area contributed by atoms with Crippen LogP contribution in [0.4, 0.5) is 11.4 Å². The molecule has 0 unspecified atom stereocenters. The lowest BCUT2D eigenvalue weighted by atomic mass is 10.2. The van der Waals surface area contributed by atoms with Gasteiger partial charge in [-0.25, -0.2) is 0 Å². The number of aliphatic hydroxyl groups excluding tert-OH is 1. The topological polar surface area (TPSA) is 58.3 Å². The number of aliphatic hydroxyl groups is 1. The first-order chi connectivity index (χ1) is 5.74. The molecule has 4 N–H and O–H groups in total. The Balaban J connectivity index is 2.69. The Labute approximate surface area is 72.2 Å². The van der Waals surface area contributed by atoms with Crippen LogP contribution in [-0.2, 0) is 0 Å². The summed E-state index contributed by atoms with van der Waals surface area (Å²) in [6.45, 7) is 2.67. The maximum absolute atomic E-state index is 8.56. The second-order valence-electron chi connectivity index (χ2n) is 2.72. The molecule has 0 heterocycles. The van der Waals surface area contributed by atoms with Crippen molar-refractivity contribution in [2.45, 2.75) is 6.92 Å². The smallest absolute Gasteiger partial charge is 0.0604 e. The molecule has 0 spiro atoms. The lowest BCUT2D eigenvalue weighted by Gasteiger charge is -2.06. The number of aryl methyl sites for hydroxylation is 1. The molecule has 0 amide bonds. The van der Waals surface area contributed by atoms with Gasteiger partial charge in [-0.05, 0) is 30.7 Å². The van der Waals surface area contributed by atoms with Gasteiger partial charge in [0.05, 0.1) is 6.61 Å². The predicted octanol–water partition coefficient (Wildman–Crippen LogP) is 0.981. The normalized spacial score (nSPS) is 9.83. The Bertz CT molecular complexity index is 261. The van der Waals surface area contributed by atoms with Gasteiger partial charge in [-0.1, -0.05) is 0 Å². The summed E-state index contributed by atoms with van der Waals surface area (Å²) in [5.41, 5.74) is 8.49. The number of hydrogen-bond donors (Lipinski definition) is 3. The summed E-state index contributed by atoms with van der Waals surface area (Å²) in [6, 6.07) is 5.72. The largest absolute Gasteiger partial charge is 0.399 e. The van der Waals surface area contributed by atoms with E-state index in [-0.39, 0.29) is 6.61 Å². The molecule has 1 aromatic carbocycles. The van der Waals surface area contributed by atoms with Gasteiger partial charge in [0.2, 0.25) is 0 Å². The Hall–Kier alpha value is -1.22. The van der Waals surface area contributed by atoms with Crippen LogP contribution in [0, 0.1) is 6.92 Å². The standard InChI is InChI=1S/C9H14N2O/c1-7-6-8(11-4-5-12)2-3-9(7)10/h2-3,6,11-12H,4-5,10H2,1H3. The molecule has 0 fully saturated rings. The molecule has 0 aromatic heterocycles. The van der Waals surface area contributed by atoms with Gasteiger partial charge in [0.1, 0.15) is 0 Å². The molecule has 0 aliphatic heterocycles. The van der Waals surface area contributed by atoms with Crippen LogP contribution in [0.5, 0.6) is 0 Å². The van der Waals surface area contributed by atoms with E-state index >= 15 is 0 Å². The van der Waals surface area contributed by atoms with Crippen molar-refractivity contribution in [3.63, 3.8) is 0 Å². The number of benzene rings is 1. The van der Waals surface area contributed by atoms with E-state index in [4.69, 9.17) is 10.8 Å². The fourth-order valence-electron chi connectivity index (χ4n) is 0.986. The molecule has 1 aromatic rings. The number of hydrogen-bond acceptors (Lipinski definition) is 3. The molecule has 1 rings (SSSR count). The van der Waals surface area contributed by atoms with Gasteiger partial charge in [-0.2, -0.15) is 0 Å². The average molecular weight is 166 g/mol. The number of nitrogen functional groups attached to an aromatic ring is 1. The van der Waals surface area contributed by atoms with Gasteiger partial charge < -0.3 is 16.2 Å². The van der Waals surface area contributed by atoms with Crippen molar-refractivity contribution in [1.82, 2.24) is 0 Å². The molecule has 0 aliphatic rings. The Morgan fingerprint density at radius 3 is 2.83 bits per heavy atom. The fourth-order valence-corrected chi connectivity index (χ4v) is 0.986. The molecule has 12 heavy (non-hydrogen) atoms. The van der Waals surface area contributed by atoms with E-state index in [1.807, 2.05) is 25.1 Å². The van der Waals surface area contributed by atoms with E-state index < -0.39 is 0 Å². The third kappa shape index (κ3) is 2.13. The van der Waals surface area contributed by atoms with E-state index in [0.29, 0.717) is 6.54 Å². The SMILES string of the molecule is Cc1cc(NCCO)ccc1N. The van der Waals surface area contributed by atoms with E-state index in [1.54, 1.807) is 0 Å². The van der Waals surface area contributed by atoms with Crippen molar-refractivity contribution in [3.05, 3.63) is 23.8 Å². The van der Waals surface area contributed by atoms with Crippen molar-refractivity contribution in [3.8, 4) is 0 Å². The van der Waals surface area contributed by atoms with Crippen LogP contribution in [0.15, 0.2) is 18.2 Å². The lowest BCUT2D eigenvalue weighted by molar-refractivity contribution is 0.311. The maximum Gasteiger partial charge on any atom is 0.0604 e. The Morgan fingerprint density at radius 1 is 1.50 bits per heavy atom. The molecule has 0 atom stereocenters. The van der Waals surface area contributed by atoms with Crippen molar-refractivity contribution in [2.24, 2.45) is 0 Å². The van der Waals surface area contributed by atoms with Crippen LogP contribution in [0.25, 0.3) is 0 Å². The van der Waals surface area contributed by atoms with Gasteiger partial charge >= 0.3 is 0 Å². The van der Waals surface area contributed by atoms with E-state index in [9.17, 15) is 0 Å². The molecule has 0 radical (unpaired) electrons. The Kier molecular flexibility index (Phi) is 2.94. The van der Waals surface area contributed by atoms with Gasteiger partial charge in [0, 0.05) is 17.9 Å². The molecule has 0 saturated heterocycles. The minimum atomic E-state index is 0.142. The number of nitrogens with two attached hydrogens (primary N) is 1. The van der Waals surface area contributed by atoms with E-state index in [0.717, 1.165) is 16.9 Å². The highest BCUT2D eigenvalue weighted by molar-refractivity contribution is 5.56. The van der Waals surface area contributed by atoms with Crippen LogP contribution in [-0.4, -0.2) is 18.3 Å². The van der Waals surface area contributed by atoms with Gasteiger partial charge in [0.25, 0.3) is 0 Å². The highest BCUT2D eigenvalue weighted by atomic mass is 16.3. The summed E-state index contributed by atoms with van der Waals surface area (Å²) < 4.78 is 0. The molecule has 3 heteroatoms. The lowest BCUT2D eigenvalue weighted by Crippen LogP contribution is -2.05. The third-order valence-corrected chi connectivity index (χ3v) is 1.71. The first-order valence-corrected chi connectivity index (χ1v) is 3.95. The maximum atomic E-state index is 8.56. The molecule has 0 aliphatic carbocycles. The summed E-state index contributed by atoms with van der Waals surface area (Å²) in [5, 5.41) is 11.6. The third-order valence-electron chi connectivity index (χ3n) is 1.71. The molecule has 0 bridgehead atoms. The molecule has 3 nitrogen and oxygen atoms in total. The summed E-state index contributed by atoms with van der Waals surface area (Å²) in [7, 11) is 0. The van der Waals surface area contributed by atoms with Crippen LogP contribution in [0.3, 0.4) is 0 Å².